The predicted molar refractivity (Wildman–Crippen MR) is 74.4 cm³/mol. The minimum Gasteiger partial charge on any atom is -0.298 e. The molecule has 0 aliphatic heterocycles. The van der Waals surface area contributed by atoms with Crippen molar-refractivity contribution < 1.29 is 4.79 Å². The Morgan fingerprint density at radius 3 is 3.05 bits per heavy atom. The van der Waals surface area contributed by atoms with Crippen LogP contribution in [0, 0.1) is 11.3 Å². The lowest BCUT2D eigenvalue weighted by molar-refractivity contribution is 0.102. The summed E-state index contributed by atoms with van der Waals surface area (Å²) in [5, 5.41) is 11.8. The number of fused-ring (bicyclic) bond motifs is 1. The van der Waals surface area contributed by atoms with E-state index in [4.69, 9.17) is 5.26 Å². The SMILES string of the molecule is N#Cc1cnc(NC(=O)c2ccc3ncsc3c2)s1. The highest BCUT2D eigenvalue weighted by atomic mass is 32.1. The molecule has 0 radical (unpaired) electrons. The summed E-state index contributed by atoms with van der Waals surface area (Å²) in [7, 11) is 0. The highest BCUT2D eigenvalue weighted by molar-refractivity contribution is 7.17. The number of hydrogen-bond donors (Lipinski definition) is 1. The fourth-order valence-corrected chi connectivity index (χ4v) is 2.87. The molecule has 0 saturated carbocycles. The number of rotatable bonds is 2. The van der Waals surface area contributed by atoms with Crippen molar-refractivity contribution in [1.82, 2.24) is 9.97 Å². The number of benzene rings is 1. The van der Waals surface area contributed by atoms with E-state index in [0.29, 0.717) is 15.6 Å². The second-order valence-electron chi connectivity index (χ2n) is 3.63. The van der Waals surface area contributed by atoms with Crippen molar-refractivity contribution in [2.45, 2.75) is 0 Å². The molecule has 1 amide bonds. The van der Waals surface area contributed by atoms with Gasteiger partial charge in [0.25, 0.3) is 5.91 Å². The van der Waals surface area contributed by atoms with Crippen molar-refractivity contribution in [3.05, 3.63) is 40.3 Å². The summed E-state index contributed by atoms with van der Waals surface area (Å²) in [6.45, 7) is 0. The number of carbonyl (C=O) groups is 1. The van der Waals surface area contributed by atoms with Crippen LogP contribution in [0.15, 0.2) is 29.9 Å². The first-order valence-corrected chi connectivity index (χ1v) is 6.96. The number of carbonyl (C=O) groups excluding carboxylic acids is 1. The van der Waals surface area contributed by atoms with Crippen LogP contribution in [0.25, 0.3) is 10.2 Å². The van der Waals surface area contributed by atoms with Crippen LogP contribution in [0.4, 0.5) is 5.13 Å². The van der Waals surface area contributed by atoms with Crippen molar-refractivity contribution in [2.24, 2.45) is 0 Å². The van der Waals surface area contributed by atoms with Crippen LogP contribution in [0.1, 0.15) is 15.2 Å². The molecule has 0 fully saturated rings. The molecule has 0 saturated heterocycles. The van der Waals surface area contributed by atoms with E-state index in [0.717, 1.165) is 21.6 Å². The van der Waals surface area contributed by atoms with Gasteiger partial charge in [-0.15, -0.1) is 11.3 Å². The Morgan fingerprint density at radius 1 is 1.37 bits per heavy atom. The van der Waals surface area contributed by atoms with E-state index >= 15 is 0 Å². The first-order valence-electron chi connectivity index (χ1n) is 5.27. The van der Waals surface area contributed by atoms with Gasteiger partial charge in [-0.2, -0.15) is 5.26 Å². The van der Waals surface area contributed by atoms with Gasteiger partial charge in [0.05, 0.1) is 21.9 Å². The molecule has 2 aromatic heterocycles. The number of aromatic nitrogens is 2. The number of hydrogen-bond acceptors (Lipinski definition) is 6. The zero-order valence-electron chi connectivity index (χ0n) is 9.45. The smallest absolute Gasteiger partial charge is 0.257 e. The van der Waals surface area contributed by atoms with Crippen molar-refractivity contribution in [3.63, 3.8) is 0 Å². The lowest BCUT2D eigenvalue weighted by atomic mass is 10.2. The Hall–Kier alpha value is -2.30. The van der Waals surface area contributed by atoms with Crippen molar-refractivity contribution in [1.29, 1.82) is 5.26 Å². The minimum absolute atomic E-state index is 0.242. The summed E-state index contributed by atoms with van der Waals surface area (Å²) < 4.78 is 0.963. The minimum atomic E-state index is -0.242. The first kappa shape index (κ1) is 11.8. The molecule has 0 atom stereocenters. The van der Waals surface area contributed by atoms with Crippen LogP contribution < -0.4 is 5.32 Å². The Labute approximate surface area is 116 Å². The average Bonchev–Trinajstić information content (AvgIpc) is 3.05. The zero-order chi connectivity index (χ0) is 13.2. The van der Waals surface area contributed by atoms with E-state index < -0.39 is 0 Å². The monoisotopic (exact) mass is 286 g/mol. The molecule has 19 heavy (non-hydrogen) atoms. The van der Waals surface area contributed by atoms with Gasteiger partial charge in [-0.1, -0.05) is 11.3 Å². The second kappa shape index (κ2) is 4.76. The molecule has 3 rings (SSSR count). The van der Waals surface area contributed by atoms with E-state index in [2.05, 4.69) is 15.3 Å². The molecule has 0 spiro atoms. The highest BCUT2D eigenvalue weighted by Gasteiger charge is 2.10. The number of nitrogens with zero attached hydrogens (tertiary/aromatic N) is 3. The quantitative estimate of drug-likeness (QED) is 0.785. The van der Waals surface area contributed by atoms with Gasteiger partial charge in [-0.3, -0.25) is 10.1 Å². The van der Waals surface area contributed by atoms with Gasteiger partial charge in [0, 0.05) is 5.56 Å². The molecule has 7 heteroatoms. The lowest BCUT2D eigenvalue weighted by Crippen LogP contribution is -2.11. The molecule has 0 bridgehead atoms. The van der Waals surface area contributed by atoms with E-state index in [1.807, 2.05) is 12.1 Å². The molecular formula is C12H6N4OS2. The van der Waals surface area contributed by atoms with Gasteiger partial charge in [-0.05, 0) is 18.2 Å². The summed E-state index contributed by atoms with van der Waals surface area (Å²) in [4.78, 5) is 20.6. The van der Waals surface area contributed by atoms with Gasteiger partial charge < -0.3 is 0 Å². The Balaban J connectivity index is 1.85. The van der Waals surface area contributed by atoms with Gasteiger partial charge in [0.1, 0.15) is 10.9 Å². The van der Waals surface area contributed by atoms with Crippen LogP contribution in [-0.2, 0) is 0 Å². The van der Waals surface area contributed by atoms with Crippen molar-refractivity contribution in [2.75, 3.05) is 5.32 Å². The van der Waals surface area contributed by atoms with Gasteiger partial charge >= 0.3 is 0 Å². The lowest BCUT2D eigenvalue weighted by Gasteiger charge is -2.01. The molecule has 0 unspecified atom stereocenters. The van der Waals surface area contributed by atoms with Crippen LogP contribution in [0.3, 0.4) is 0 Å². The molecule has 3 aromatic rings. The number of thiazole rings is 2. The van der Waals surface area contributed by atoms with E-state index in [1.165, 1.54) is 17.5 Å². The third-order valence-electron chi connectivity index (χ3n) is 2.43. The van der Waals surface area contributed by atoms with Crippen LogP contribution in [0.5, 0.6) is 0 Å². The van der Waals surface area contributed by atoms with Gasteiger partial charge in [0.2, 0.25) is 0 Å². The summed E-state index contributed by atoms with van der Waals surface area (Å²) in [5.41, 5.74) is 3.17. The van der Waals surface area contributed by atoms with E-state index in [-0.39, 0.29) is 5.91 Å². The standard InChI is InChI=1S/C12H6N4OS2/c13-4-8-5-14-12(19-8)16-11(17)7-1-2-9-10(3-7)18-6-15-9/h1-3,5-6H,(H,14,16,17). The fourth-order valence-electron chi connectivity index (χ4n) is 1.55. The number of anilines is 1. The number of nitriles is 1. The third-order valence-corrected chi connectivity index (χ3v) is 4.04. The molecular weight excluding hydrogens is 280 g/mol. The molecule has 2 heterocycles. The maximum atomic E-state index is 12.0. The van der Waals surface area contributed by atoms with Crippen LogP contribution in [-0.4, -0.2) is 15.9 Å². The molecule has 5 nitrogen and oxygen atoms in total. The molecule has 1 aromatic carbocycles. The topological polar surface area (TPSA) is 78.7 Å². The summed E-state index contributed by atoms with van der Waals surface area (Å²) >= 11 is 2.63. The Kier molecular flexibility index (Phi) is 2.95. The number of nitrogens with one attached hydrogen (secondary N) is 1. The maximum Gasteiger partial charge on any atom is 0.257 e. The van der Waals surface area contributed by atoms with E-state index in [9.17, 15) is 4.79 Å². The maximum absolute atomic E-state index is 12.0. The molecule has 0 aliphatic carbocycles. The van der Waals surface area contributed by atoms with Gasteiger partial charge in [-0.25, -0.2) is 9.97 Å². The normalized spacial score (nSPS) is 10.3. The van der Waals surface area contributed by atoms with E-state index in [1.54, 1.807) is 17.6 Å². The summed E-state index contributed by atoms with van der Waals surface area (Å²) in [6.07, 6.45) is 1.44. The second-order valence-corrected chi connectivity index (χ2v) is 5.55. The van der Waals surface area contributed by atoms with Gasteiger partial charge in [0.15, 0.2) is 5.13 Å². The zero-order valence-corrected chi connectivity index (χ0v) is 11.1. The molecule has 0 aliphatic rings. The third kappa shape index (κ3) is 2.31. The molecule has 1 N–H and O–H groups in total. The largest absolute Gasteiger partial charge is 0.298 e. The van der Waals surface area contributed by atoms with Crippen LogP contribution >= 0.6 is 22.7 Å². The average molecular weight is 286 g/mol. The number of amides is 1. The Morgan fingerprint density at radius 2 is 2.26 bits per heavy atom. The summed E-state index contributed by atoms with van der Waals surface area (Å²) in [6, 6.07) is 7.30. The highest BCUT2D eigenvalue weighted by Crippen LogP contribution is 2.21. The molecule has 92 valence electrons. The Bertz CT molecular complexity index is 799. The van der Waals surface area contributed by atoms with Crippen molar-refractivity contribution >= 4 is 43.9 Å². The van der Waals surface area contributed by atoms with Crippen molar-refractivity contribution in [3.8, 4) is 6.07 Å². The summed E-state index contributed by atoms with van der Waals surface area (Å²) in [5.74, 6) is -0.242. The fraction of sp³-hybridized carbons (Fsp3) is 0. The predicted octanol–water partition coefficient (Wildman–Crippen LogP) is 2.88. The van der Waals surface area contributed by atoms with Crippen LogP contribution in [0.2, 0.25) is 0 Å². The first-order chi connectivity index (χ1) is 9.26.